The molecule has 0 bridgehead atoms. The van der Waals surface area contributed by atoms with Gasteiger partial charge in [0.25, 0.3) is 0 Å². The van der Waals surface area contributed by atoms with Crippen molar-refractivity contribution in [2.24, 2.45) is 0 Å². The summed E-state index contributed by atoms with van der Waals surface area (Å²) >= 11 is 0. The summed E-state index contributed by atoms with van der Waals surface area (Å²) in [5.41, 5.74) is 5.40. The van der Waals surface area contributed by atoms with Crippen LogP contribution in [0, 0.1) is 5.82 Å². The quantitative estimate of drug-likeness (QED) is 0.424. The second-order valence-electron chi connectivity index (χ2n) is 1.78. The molecule has 0 aliphatic carbocycles. The van der Waals surface area contributed by atoms with Crippen molar-refractivity contribution in [3.8, 4) is 0 Å². The van der Waals surface area contributed by atoms with Crippen molar-refractivity contribution in [2.75, 3.05) is 5.73 Å². The van der Waals surface area contributed by atoms with Gasteiger partial charge in [0.2, 0.25) is 0 Å². The van der Waals surface area contributed by atoms with E-state index in [1.54, 1.807) is 6.07 Å². The van der Waals surface area contributed by atoms with E-state index in [2.05, 4.69) is 9.24 Å². The van der Waals surface area contributed by atoms with Gasteiger partial charge in [0.1, 0.15) is 5.82 Å². The molecule has 0 heterocycles. The summed E-state index contributed by atoms with van der Waals surface area (Å²) < 4.78 is 12.4. The van der Waals surface area contributed by atoms with Crippen LogP contribution in [0.2, 0.25) is 0 Å². The monoisotopic (exact) mass is 143 g/mol. The molecular weight excluding hydrogens is 136 g/mol. The molecule has 48 valence electrons. The van der Waals surface area contributed by atoms with E-state index in [0.29, 0.717) is 0 Å². The van der Waals surface area contributed by atoms with Gasteiger partial charge in [0, 0.05) is 0 Å². The Morgan fingerprint density at radius 3 is 2.56 bits per heavy atom. The van der Waals surface area contributed by atoms with Crippen LogP contribution in [0.5, 0.6) is 0 Å². The van der Waals surface area contributed by atoms with Crippen molar-refractivity contribution in [3.05, 3.63) is 24.0 Å². The summed E-state index contributed by atoms with van der Waals surface area (Å²) in [4.78, 5) is 0. The second-order valence-corrected chi connectivity index (χ2v) is 2.45. The lowest BCUT2D eigenvalue weighted by atomic mass is 10.3. The molecule has 9 heavy (non-hydrogen) atoms. The van der Waals surface area contributed by atoms with Crippen LogP contribution in [-0.4, -0.2) is 0 Å². The molecule has 0 aliphatic rings. The average molecular weight is 143 g/mol. The minimum atomic E-state index is -0.359. The first-order chi connectivity index (χ1) is 4.20. The fraction of sp³-hybridized carbons (Fsp3) is 0. The smallest absolute Gasteiger partial charge is 0.146 e. The van der Waals surface area contributed by atoms with Gasteiger partial charge in [0.15, 0.2) is 0 Å². The molecule has 0 spiro atoms. The van der Waals surface area contributed by atoms with Gasteiger partial charge < -0.3 is 5.73 Å². The number of hydrogen-bond acceptors (Lipinski definition) is 1. The number of nitrogens with two attached hydrogens (primary N) is 1. The first-order valence-corrected chi connectivity index (χ1v) is 3.08. The first-order valence-electron chi connectivity index (χ1n) is 2.50. The van der Waals surface area contributed by atoms with Crippen LogP contribution in [0.15, 0.2) is 18.2 Å². The number of rotatable bonds is 0. The Labute approximate surface area is 55.3 Å². The molecule has 0 amide bonds. The van der Waals surface area contributed by atoms with E-state index >= 15 is 0 Å². The zero-order valence-corrected chi connectivity index (χ0v) is 5.92. The number of benzene rings is 1. The standard InChI is InChI=1S/C6H7FNP/c7-5-3-4(9)1-2-6(5)8/h1-3H,8-9H2. The van der Waals surface area contributed by atoms with Gasteiger partial charge in [-0.3, -0.25) is 0 Å². The summed E-state index contributed by atoms with van der Waals surface area (Å²) in [6.07, 6.45) is 0. The lowest BCUT2D eigenvalue weighted by molar-refractivity contribution is 0.633. The fourth-order valence-electron chi connectivity index (χ4n) is 0.543. The highest BCUT2D eigenvalue weighted by molar-refractivity contribution is 7.27. The molecule has 0 fully saturated rings. The molecule has 1 unspecified atom stereocenters. The van der Waals surface area contributed by atoms with Crippen molar-refractivity contribution in [3.63, 3.8) is 0 Å². The molecule has 0 radical (unpaired) electrons. The van der Waals surface area contributed by atoms with E-state index < -0.39 is 0 Å². The van der Waals surface area contributed by atoms with E-state index in [9.17, 15) is 4.39 Å². The van der Waals surface area contributed by atoms with Crippen LogP contribution in [0.4, 0.5) is 10.1 Å². The van der Waals surface area contributed by atoms with Crippen molar-refractivity contribution in [1.29, 1.82) is 0 Å². The second kappa shape index (κ2) is 2.32. The van der Waals surface area contributed by atoms with Crippen LogP contribution in [0.25, 0.3) is 0 Å². The molecule has 1 rings (SSSR count). The maximum Gasteiger partial charge on any atom is 0.146 e. The van der Waals surface area contributed by atoms with Crippen LogP contribution in [0.1, 0.15) is 0 Å². The highest BCUT2D eigenvalue weighted by Crippen LogP contribution is 2.06. The summed E-state index contributed by atoms with van der Waals surface area (Å²) in [5, 5.41) is 0.807. The predicted molar refractivity (Wildman–Crippen MR) is 40.2 cm³/mol. The topological polar surface area (TPSA) is 26.0 Å². The van der Waals surface area contributed by atoms with Crippen LogP contribution < -0.4 is 11.0 Å². The number of nitrogen functional groups attached to an aromatic ring is 1. The molecule has 1 aromatic carbocycles. The van der Waals surface area contributed by atoms with Gasteiger partial charge in [-0.1, -0.05) is 6.07 Å². The molecule has 0 saturated heterocycles. The zero-order chi connectivity index (χ0) is 6.85. The molecule has 1 nitrogen and oxygen atoms in total. The predicted octanol–water partition coefficient (Wildman–Crippen LogP) is 0.908. The SMILES string of the molecule is Nc1ccc(P)cc1F. The van der Waals surface area contributed by atoms with E-state index in [0.717, 1.165) is 5.30 Å². The van der Waals surface area contributed by atoms with Crippen molar-refractivity contribution < 1.29 is 4.39 Å². The minimum Gasteiger partial charge on any atom is -0.396 e. The maximum atomic E-state index is 12.4. The minimum absolute atomic E-state index is 0.196. The van der Waals surface area contributed by atoms with Gasteiger partial charge in [-0.15, -0.1) is 9.24 Å². The highest BCUT2D eigenvalue weighted by atomic mass is 31.0. The van der Waals surface area contributed by atoms with Gasteiger partial charge in [-0.2, -0.15) is 0 Å². The molecule has 1 aromatic rings. The van der Waals surface area contributed by atoms with Gasteiger partial charge in [-0.05, 0) is 17.4 Å². The summed E-state index contributed by atoms with van der Waals surface area (Å²) in [6.45, 7) is 0. The lowest BCUT2D eigenvalue weighted by Crippen LogP contribution is -1.96. The summed E-state index contributed by atoms with van der Waals surface area (Å²) in [7, 11) is 2.39. The Balaban J connectivity index is 3.17. The van der Waals surface area contributed by atoms with Crippen molar-refractivity contribution in [1.82, 2.24) is 0 Å². The third kappa shape index (κ3) is 1.39. The van der Waals surface area contributed by atoms with Gasteiger partial charge in [0.05, 0.1) is 5.69 Å². The Bertz CT molecular complexity index is 224. The molecule has 0 saturated carbocycles. The van der Waals surface area contributed by atoms with Gasteiger partial charge >= 0.3 is 0 Å². The van der Waals surface area contributed by atoms with E-state index in [1.807, 2.05) is 0 Å². The molecule has 3 heteroatoms. The van der Waals surface area contributed by atoms with Gasteiger partial charge in [-0.25, -0.2) is 4.39 Å². The Morgan fingerprint density at radius 1 is 1.44 bits per heavy atom. The first kappa shape index (κ1) is 6.50. The Hall–Kier alpha value is -0.620. The van der Waals surface area contributed by atoms with Crippen LogP contribution >= 0.6 is 9.24 Å². The highest BCUT2D eigenvalue weighted by Gasteiger charge is 1.94. The Morgan fingerprint density at radius 2 is 2.11 bits per heavy atom. The normalized spacial score (nSPS) is 9.56. The van der Waals surface area contributed by atoms with E-state index in [4.69, 9.17) is 5.73 Å². The molecular formula is C6H7FNP. The Kier molecular flexibility index (Phi) is 1.68. The maximum absolute atomic E-state index is 12.4. The molecule has 0 aromatic heterocycles. The lowest BCUT2D eigenvalue weighted by Gasteiger charge is -1.94. The molecule has 1 atom stereocenters. The van der Waals surface area contributed by atoms with Crippen LogP contribution in [0.3, 0.4) is 0 Å². The largest absolute Gasteiger partial charge is 0.396 e. The van der Waals surface area contributed by atoms with Crippen molar-refractivity contribution >= 4 is 20.2 Å². The summed E-state index contributed by atoms with van der Waals surface area (Å²) in [5.74, 6) is -0.359. The molecule has 0 aliphatic heterocycles. The zero-order valence-electron chi connectivity index (χ0n) is 4.76. The summed E-state index contributed by atoms with van der Waals surface area (Å²) in [6, 6.07) is 4.65. The molecule has 2 N–H and O–H groups in total. The third-order valence-corrected chi connectivity index (χ3v) is 1.38. The van der Waals surface area contributed by atoms with E-state index in [-0.39, 0.29) is 11.5 Å². The fourth-order valence-corrected chi connectivity index (χ4v) is 0.786. The van der Waals surface area contributed by atoms with Crippen LogP contribution in [-0.2, 0) is 0 Å². The van der Waals surface area contributed by atoms with E-state index in [1.165, 1.54) is 12.1 Å². The van der Waals surface area contributed by atoms with Crippen molar-refractivity contribution in [2.45, 2.75) is 0 Å². The average Bonchev–Trinajstić information content (AvgIpc) is 1.80. The number of halogens is 1. The third-order valence-electron chi connectivity index (χ3n) is 1.02. The number of hydrogen-bond donors (Lipinski definition) is 1. The number of anilines is 1.